The highest BCUT2D eigenvalue weighted by molar-refractivity contribution is 6.08. The average Bonchev–Trinajstić information content (AvgIpc) is 3.20. The van der Waals surface area contributed by atoms with Crippen LogP contribution >= 0.6 is 0 Å². The lowest BCUT2D eigenvalue weighted by molar-refractivity contribution is -0.137. The molecule has 1 atom stereocenters. The molecule has 0 spiro atoms. The van der Waals surface area contributed by atoms with E-state index in [9.17, 15) is 22.8 Å². The summed E-state index contributed by atoms with van der Waals surface area (Å²) in [7, 11) is 1.56. The summed E-state index contributed by atoms with van der Waals surface area (Å²) >= 11 is 0. The van der Waals surface area contributed by atoms with E-state index in [2.05, 4.69) is 16.0 Å². The number of rotatable bonds is 4. The number of urea groups is 1. The van der Waals surface area contributed by atoms with Crippen LogP contribution in [0.4, 0.5) is 23.7 Å². The highest BCUT2D eigenvalue weighted by Crippen LogP contribution is 2.32. The molecule has 1 aliphatic carbocycles. The third-order valence-corrected chi connectivity index (χ3v) is 5.65. The van der Waals surface area contributed by atoms with Gasteiger partial charge in [0, 0.05) is 24.3 Å². The first kappa shape index (κ1) is 22.4. The summed E-state index contributed by atoms with van der Waals surface area (Å²) in [5, 5.41) is 8.32. The highest BCUT2D eigenvalue weighted by atomic mass is 19.4. The Labute approximate surface area is 189 Å². The van der Waals surface area contributed by atoms with Gasteiger partial charge in [-0.3, -0.25) is 4.79 Å². The molecule has 1 aliphatic rings. The number of amides is 3. The predicted molar refractivity (Wildman–Crippen MR) is 120 cm³/mol. The van der Waals surface area contributed by atoms with Gasteiger partial charge in [0.1, 0.15) is 0 Å². The molecule has 1 unspecified atom stereocenters. The molecule has 3 N–H and O–H groups in total. The van der Waals surface area contributed by atoms with Gasteiger partial charge in [0.2, 0.25) is 0 Å². The molecular weight excluding hydrogens is 431 g/mol. The van der Waals surface area contributed by atoms with Gasteiger partial charge in [-0.25, -0.2) is 4.79 Å². The van der Waals surface area contributed by atoms with Crippen molar-refractivity contribution < 1.29 is 22.8 Å². The Balaban J connectivity index is 1.52. The van der Waals surface area contributed by atoms with Gasteiger partial charge in [-0.1, -0.05) is 36.4 Å². The molecule has 0 saturated carbocycles. The number of fused-ring (bicyclic) bond motifs is 1. The van der Waals surface area contributed by atoms with Crippen LogP contribution in [0.15, 0.2) is 66.7 Å². The van der Waals surface area contributed by atoms with Gasteiger partial charge in [-0.2, -0.15) is 13.2 Å². The van der Waals surface area contributed by atoms with Crippen LogP contribution in [-0.2, 0) is 19.0 Å². The molecule has 0 fully saturated rings. The standard InChI is InChI=1S/C25H22F3N3O2/c1-29-24(33)31-20-12-16-8-11-19(13-17(16)14-20)30-23(32)22-5-3-2-4-21(22)15-6-9-18(10-7-15)25(26,27)28/h2-11,13,20H,12,14H2,1H3,(H,30,32)(H2,29,31,33). The van der Waals surface area contributed by atoms with Crippen molar-refractivity contribution in [2.24, 2.45) is 0 Å². The van der Waals surface area contributed by atoms with Crippen molar-refractivity contribution in [2.75, 3.05) is 12.4 Å². The molecule has 0 bridgehead atoms. The second-order valence-corrected chi connectivity index (χ2v) is 7.89. The van der Waals surface area contributed by atoms with Crippen molar-refractivity contribution in [3.63, 3.8) is 0 Å². The summed E-state index contributed by atoms with van der Waals surface area (Å²) in [6, 6.07) is 16.9. The molecule has 8 heteroatoms. The Morgan fingerprint density at radius 3 is 2.30 bits per heavy atom. The van der Waals surface area contributed by atoms with Gasteiger partial charge in [0.15, 0.2) is 0 Å². The van der Waals surface area contributed by atoms with Crippen LogP contribution in [-0.4, -0.2) is 25.0 Å². The van der Waals surface area contributed by atoms with Crippen LogP contribution in [0.5, 0.6) is 0 Å². The van der Waals surface area contributed by atoms with Gasteiger partial charge in [0.05, 0.1) is 5.56 Å². The van der Waals surface area contributed by atoms with Crippen molar-refractivity contribution in [1.82, 2.24) is 10.6 Å². The number of benzene rings is 3. The van der Waals surface area contributed by atoms with E-state index >= 15 is 0 Å². The van der Waals surface area contributed by atoms with Crippen molar-refractivity contribution in [2.45, 2.75) is 25.1 Å². The minimum atomic E-state index is -4.42. The predicted octanol–water partition coefficient (Wildman–Crippen LogP) is 5.02. The van der Waals surface area contributed by atoms with Gasteiger partial charge in [0.25, 0.3) is 5.91 Å². The third kappa shape index (κ3) is 5.00. The minimum Gasteiger partial charge on any atom is -0.341 e. The van der Waals surface area contributed by atoms with Crippen LogP contribution in [0.1, 0.15) is 27.0 Å². The van der Waals surface area contributed by atoms with Crippen molar-refractivity contribution in [3.05, 3.63) is 89.0 Å². The Bertz CT molecular complexity index is 1190. The second kappa shape index (κ2) is 8.97. The fourth-order valence-electron chi connectivity index (χ4n) is 4.03. The molecule has 0 aliphatic heterocycles. The first-order valence-electron chi connectivity index (χ1n) is 10.4. The van der Waals surface area contributed by atoms with Crippen LogP contribution in [0.3, 0.4) is 0 Å². The largest absolute Gasteiger partial charge is 0.416 e. The zero-order valence-corrected chi connectivity index (χ0v) is 17.8. The van der Waals surface area contributed by atoms with E-state index in [4.69, 9.17) is 0 Å². The quantitative estimate of drug-likeness (QED) is 0.519. The molecule has 3 aromatic carbocycles. The van der Waals surface area contributed by atoms with Crippen LogP contribution < -0.4 is 16.0 Å². The van der Waals surface area contributed by atoms with Crippen molar-refractivity contribution in [1.29, 1.82) is 0 Å². The third-order valence-electron chi connectivity index (χ3n) is 5.65. The fourth-order valence-corrected chi connectivity index (χ4v) is 4.03. The van der Waals surface area contributed by atoms with Crippen LogP contribution in [0, 0.1) is 0 Å². The molecule has 0 heterocycles. The maximum atomic E-state index is 13.0. The number of carbonyl (C=O) groups excluding carboxylic acids is 2. The maximum Gasteiger partial charge on any atom is 0.416 e. The fraction of sp³-hybridized carbons (Fsp3) is 0.200. The monoisotopic (exact) mass is 453 g/mol. The lowest BCUT2D eigenvalue weighted by Crippen LogP contribution is -2.40. The number of anilines is 1. The molecule has 33 heavy (non-hydrogen) atoms. The van der Waals surface area contributed by atoms with E-state index in [1.54, 1.807) is 37.4 Å². The Morgan fingerprint density at radius 1 is 0.909 bits per heavy atom. The van der Waals surface area contributed by atoms with Crippen LogP contribution in [0.25, 0.3) is 11.1 Å². The smallest absolute Gasteiger partial charge is 0.341 e. The molecule has 170 valence electrons. The van der Waals surface area contributed by atoms with E-state index in [-0.39, 0.29) is 18.0 Å². The number of halogens is 3. The average molecular weight is 453 g/mol. The first-order chi connectivity index (χ1) is 15.7. The Kier molecular flexibility index (Phi) is 6.09. The minimum absolute atomic E-state index is 0.00806. The van der Waals surface area contributed by atoms with E-state index < -0.39 is 11.7 Å². The molecule has 3 amide bonds. The number of alkyl halides is 3. The molecule has 0 aromatic heterocycles. The SMILES string of the molecule is CNC(=O)NC1Cc2ccc(NC(=O)c3ccccc3-c3ccc(C(F)(F)F)cc3)cc2C1. The zero-order valence-electron chi connectivity index (χ0n) is 17.8. The van der Waals surface area contributed by atoms with Gasteiger partial charge >= 0.3 is 12.2 Å². The lowest BCUT2D eigenvalue weighted by Gasteiger charge is -2.12. The van der Waals surface area contributed by atoms with E-state index in [0.29, 0.717) is 35.2 Å². The molecular formula is C25H22F3N3O2. The van der Waals surface area contributed by atoms with Gasteiger partial charge in [-0.05, 0) is 65.4 Å². The van der Waals surface area contributed by atoms with Gasteiger partial charge < -0.3 is 16.0 Å². The summed E-state index contributed by atoms with van der Waals surface area (Å²) in [5.74, 6) is -0.358. The summed E-state index contributed by atoms with van der Waals surface area (Å²) < 4.78 is 38.6. The molecule has 5 nitrogen and oxygen atoms in total. The molecule has 4 rings (SSSR count). The highest BCUT2D eigenvalue weighted by Gasteiger charge is 2.30. The summed E-state index contributed by atoms with van der Waals surface area (Å²) in [6.07, 6.45) is -3.04. The van der Waals surface area contributed by atoms with E-state index in [1.807, 2.05) is 12.1 Å². The van der Waals surface area contributed by atoms with Crippen molar-refractivity contribution >= 4 is 17.6 Å². The second-order valence-electron chi connectivity index (χ2n) is 7.89. The topological polar surface area (TPSA) is 70.2 Å². The summed E-state index contributed by atoms with van der Waals surface area (Å²) in [4.78, 5) is 24.6. The first-order valence-corrected chi connectivity index (χ1v) is 10.4. The van der Waals surface area contributed by atoms with Gasteiger partial charge in [-0.15, -0.1) is 0 Å². The Hall–Kier alpha value is -3.81. The van der Waals surface area contributed by atoms with Crippen LogP contribution in [0.2, 0.25) is 0 Å². The number of hydrogen-bond donors (Lipinski definition) is 3. The maximum absolute atomic E-state index is 13.0. The van der Waals surface area contributed by atoms with E-state index in [1.165, 1.54) is 12.1 Å². The molecule has 3 aromatic rings. The summed E-state index contributed by atoms with van der Waals surface area (Å²) in [6.45, 7) is 0. The normalized spacial score (nSPS) is 15.0. The number of hydrogen-bond acceptors (Lipinski definition) is 2. The Morgan fingerprint density at radius 2 is 1.61 bits per heavy atom. The summed E-state index contributed by atoms with van der Waals surface area (Å²) in [5.41, 5.74) is 3.45. The zero-order chi connectivity index (χ0) is 23.6. The number of nitrogens with one attached hydrogen (secondary N) is 3. The van der Waals surface area contributed by atoms with Crippen molar-refractivity contribution in [3.8, 4) is 11.1 Å². The van der Waals surface area contributed by atoms with E-state index in [0.717, 1.165) is 23.3 Å². The number of carbonyl (C=O) groups is 2. The molecule has 0 saturated heterocycles. The lowest BCUT2D eigenvalue weighted by atomic mass is 9.98. The molecule has 0 radical (unpaired) electrons.